The van der Waals surface area contributed by atoms with Crippen LogP contribution in [0.1, 0.15) is 6.42 Å². The molecule has 0 aliphatic heterocycles. The lowest BCUT2D eigenvalue weighted by Gasteiger charge is -2.00. The Hall–Kier alpha value is -1.52. The van der Waals surface area contributed by atoms with Crippen molar-refractivity contribution >= 4 is 6.09 Å². The molecule has 1 rings (SSSR count). The summed E-state index contributed by atoms with van der Waals surface area (Å²) in [7, 11) is 0. The molecule has 0 aliphatic rings. The molecule has 1 heterocycles. The van der Waals surface area contributed by atoms with E-state index in [9.17, 15) is 4.79 Å². The maximum absolute atomic E-state index is 10.0. The zero-order valence-electron chi connectivity index (χ0n) is 6.60. The van der Waals surface area contributed by atoms with Gasteiger partial charge < -0.3 is 10.4 Å². The van der Waals surface area contributed by atoms with Gasteiger partial charge in [-0.1, -0.05) is 0 Å². The quantitative estimate of drug-likeness (QED) is 0.646. The Morgan fingerprint density at radius 2 is 2.50 bits per heavy atom. The number of aromatic nitrogens is 2. The second-order valence-corrected chi connectivity index (χ2v) is 2.35. The largest absolute Gasteiger partial charge is 0.465 e. The molecule has 5 heteroatoms. The Labute approximate surface area is 70.0 Å². The maximum atomic E-state index is 10.0. The number of hydrogen-bond donors (Lipinski definition) is 2. The van der Waals surface area contributed by atoms with E-state index < -0.39 is 6.09 Å². The van der Waals surface area contributed by atoms with E-state index in [1.165, 1.54) is 0 Å². The predicted molar refractivity (Wildman–Crippen MR) is 42.9 cm³/mol. The zero-order valence-corrected chi connectivity index (χ0v) is 6.60. The molecule has 0 bridgehead atoms. The number of aryl methyl sites for hydroxylation is 1. The number of nitrogens with zero attached hydrogens (tertiary/aromatic N) is 2. The van der Waals surface area contributed by atoms with Gasteiger partial charge in [-0.15, -0.1) is 0 Å². The molecule has 2 N–H and O–H groups in total. The fourth-order valence-electron chi connectivity index (χ4n) is 0.869. The molecular weight excluding hydrogens is 158 g/mol. The summed E-state index contributed by atoms with van der Waals surface area (Å²) in [5, 5.41) is 14.5. The molecule has 1 aromatic heterocycles. The smallest absolute Gasteiger partial charge is 0.404 e. The van der Waals surface area contributed by atoms with Crippen LogP contribution in [-0.4, -0.2) is 27.5 Å². The maximum Gasteiger partial charge on any atom is 0.404 e. The van der Waals surface area contributed by atoms with Crippen molar-refractivity contribution < 1.29 is 9.90 Å². The molecule has 0 atom stereocenters. The predicted octanol–water partition coefficient (Wildman–Crippen LogP) is 0.541. The van der Waals surface area contributed by atoms with Crippen LogP contribution in [0.15, 0.2) is 18.5 Å². The molecule has 0 spiro atoms. The fourth-order valence-corrected chi connectivity index (χ4v) is 0.869. The number of nitrogens with one attached hydrogen (secondary N) is 1. The van der Waals surface area contributed by atoms with Crippen molar-refractivity contribution in [2.24, 2.45) is 0 Å². The standard InChI is InChI=1S/C7H11N3O2/c11-7(12)8-3-1-5-10-6-2-4-9-10/h2,4,6,8H,1,3,5H2,(H,11,12). The third-order valence-corrected chi connectivity index (χ3v) is 1.40. The Balaban J connectivity index is 2.07. The second kappa shape index (κ2) is 4.38. The van der Waals surface area contributed by atoms with Crippen molar-refractivity contribution in [3.63, 3.8) is 0 Å². The lowest BCUT2D eigenvalue weighted by atomic mass is 10.4. The zero-order chi connectivity index (χ0) is 8.81. The minimum atomic E-state index is -0.976. The highest BCUT2D eigenvalue weighted by Crippen LogP contribution is 1.87. The van der Waals surface area contributed by atoms with Crippen LogP contribution in [0, 0.1) is 0 Å². The van der Waals surface area contributed by atoms with Crippen molar-refractivity contribution in [2.45, 2.75) is 13.0 Å². The molecule has 0 unspecified atom stereocenters. The van der Waals surface area contributed by atoms with E-state index in [1.807, 2.05) is 12.3 Å². The van der Waals surface area contributed by atoms with Gasteiger partial charge in [-0.3, -0.25) is 4.68 Å². The molecule has 12 heavy (non-hydrogen) atoms. The molecule has 0 aromatic carbocycles. The van der Waals surface area contributed by atoms with Gasteiger partial charge in [0, 0.05) is 25.5 Å². The summed E-state index contributed by atoms with van der Waals surface area (Å²) >= 11 is 0. The molecule has 0 fully saturated rings. The molecule has 1 aromatic rings. The third kappa shape index (κ3) is 3.05. The number of amides is 1. The lowest BCUT2D eigenvalue weighted by Crippen LogP contribution is -2.22. The van der Waals surface area contributed by atoms with Gasteiger partial charge in [-0.05, 0) is 12.5 Å². The number of hydrogen-bond acceptors (Lipinski definition) is 2. The first-order chi connectivity index (χ1) is 5.79. The van der Waals surface area contributed by atoms with Gasteiger partial charge in [0.15, 0.2) is 0 Å². The summed E-state index contributed by atoms with van der Waals surface area (Å²) in [6.07, 6.45) is 3.33. The van der Waals surface area contributed by atoms with E-state index in [0.29, 0.717) is 6.54 Å². The van der Waals surface area contributed by atoms with E-state index in [0.717, 1.165) is 13.0 Å². The summed E-state index contributed by atoms with van der Waals surface area (Å²) < 4.78 is 1.77. The molecular formula is C7H11N3O2. The Morgan fingerprint density at radius 1 is 1.67 bits per heavy atom. The molecule has 66 valence electrons. The van der Waals surface area contributed by atoms with Gasteiger partial charge in [0.2, 0.25) is 0 Å². The first kappa shape index (κ1) is 8.58. The number of rotatable bonds is 4. The highest BCUT2D eigenvalue weighted by Gasteiger charge is 1.93. The Kier molecular flexibility index (Phi) is 3.13. The molecule has 1 amide bonds. The van der Waals surface area contributed by atoms with Gasteiger partial charge in [0.05, 0.1) is 0 Å². The molecule has 0 saturated heterocycles. The van der Waals surface area contributed by atoms with Crippen molar-refractivity contribution in [1.82, 2.24) is 15.1 Å². The highest BCUT2D eigenvalue weighted by atomic mass is 16.4. The van der Waals surface area contributed by atoms with E-state index >= 15 is 0 Å². The van der Waals surface area contributed by atoms with Crippen LogP contribution in [0.2, 0.25) is 0 Å². The van der Waals surface area contributed by atoms with Crippen LogP contribution in [0.25, 0.3) is 0 Å². The summed E-state index contributed by atoms with van der Waals surface area (Å²) in [6.45, 7) is 1.21. The van der Waals surface area contributed by atoms with Crippen LogP contribution in [0.3, 0.4) is 0 Å². The van der Waals surface area contributed by atoms with Crippen LogP contribution in [0.4, 0.5) is 4.79 Å². The average Bonchev–Trinajstić information content (AvgIpc) is 2.49. The van der Waals surface area contributed by atoms with Crippen LogP contribution in [0.5, 0.6) is 0 Å². The second-order valence-electron chi connectivity index (χ2n) is 2.35. The molecule has 0 saturated carbocycles. The number of carbonyl (C=O) groups is 1. The minimum Gasteiger partial charge on any atom is -0.465 e. The average molecular weight is 169 g/mol. The summed E-state index contributed by atoms with van der Waals surface area (Å²) in [5.41, 5.74) is 0. The van der Waals surface area contributed by atoms with Crippen molar-refractivity contribution in [2.75, 3.05) is 6.54 Å². The summed E-state index contributed by atoms with van der Waals surface area (Å²) in [4.78, 5) is 10.0. The fraction of sp³-hybridized carbons (Fsp3) is 0.429. The molecule has 0 radical (unpaired) electrons. The van der Waals surface area contributed by atoms with Crippen molar-refractivity contribution in [3.8, 4) is 0 Å². The van der Waals surface area contributed by atoms with Crippen LogP contribution >= 0.6 is 0 Å². The third-order valence-electron chi connectivity index (χ3n) is 1.40. The number of carboxylic acid groups (broad SMARTS) is 1. The summed E-state index contributed by atoms with van der Waals surface area (Å²) in [5.74, 6) is 0. The Morgan fingerprint density at radius 3 is 3.08 bits per heavy atom. The van der Waals surface area contributed by atoms with Crippen LogP contribution in [-0.2, 0) is 6.54 Å². The first-order valence-corrected chi connectivity index (χ1v) is 3.73. The molecule has 5 nitrogen and oxygen atoms in total. The van der Waals surface area contributed by atoms with E-state index in [1.54, 1.807) is 10.9 Å². The highest BCUT2D eigenvalue weighted by molar-refractivity contribution is 5.64. The monoisotopic (exact) mass is 169 g/mol. The van der Waals surface area contributed by atoms with E-state index in [-0.39, 0.29) is 0 Å². The van der Waals surface area contributed by atoms with E-state index in [2.05, 4.69) is 10.4 Å². The Bertz CT molecular complexity index is 233. The van der Waals surface area contributed by atoms with Crippen molar-refractivity contribution in [1.29, 1.82) is 0 Å². The summed E-state index contributed by atoms with van der Waals surface area (Å²) in [6, 6.07) is 1.84. The minimum absolute atomic E-state index is 0.467. The normalized spacial score (nSPS) is 9.67. The van der Waals surface area contributed by atoms with Gasteiger partial charge in [0.1, 0.15) is 0 Å². The van der Waals surface area contributed by atoms with Gasteiger partial charge in [0.25, 0.3) is 0 Å². The molecule has 0 aliphatic carbocycles. The van der Waals surface area contributed by atoms with E-state index in [4.69, 9.17) is 5.11 Å². The van der Waals surface area contributed by atoms with Crippen LogP contribution < -0.4 is 5.32 Å². The topological polar surface area (TPSA) is 67.2 Å². The van der Waals surface area contributed by atoms with Crippen molar-refractivity contribution in [3.05, 3.63) is 18.5 Å². The lowest BCUT2D eigenvalue weighted by molar-refractivity contribution is 0.194. The van der Waals surface area contributed by atoms with Gasteiger partial charge >= 0.3 is 6.09 Å². The van der Waals surface area contributed by atoms with Gasteiger partial charge in [-0.25, -0.2) is 4.79 Å². The SMILES string of the molecule is O=C(O)NCCCn1cccn1. The van der Waals surface area contributed by atoms with Gasteiger partial charge in [-0.2, -0.15) is 5.10 Å². The first-order valence-electron chi connectivity index (χ1n) is 3.73.